The molecule has 1 aliphatic heterocycles. The van der Waals surface area contributed by atoms with E-state index in [1.54, 1.807) is 22.0 Å². The number of rotatable bonds is 6. The summed E-state index contributed by atoms with van der Waals surface area (Å²) in [5.41, 5.74) is 1.43. The monoisotopic (exact) mass is 383 g/mol. The summed E-state index contributed by atoms with van der Waals surface area (Å²) in [6.45, 7) is 5.27. The minimum absolute atomic E-state index is 0.105. The number of H-pyrrole nitrogens is 1. The Bertz CT molecular complexity index is 996. The Morgan fingerprint density at radius 1 is 1.54 bits per heavy atom. The van der Waals surface area contributed by atoms with Crippen LogP contribution in [0.3, 0.4) is 0 Å². The molecule has 1 fully saturated rings. The van der Waals surface area contributed by atoms with Crippen molar-refractivity contribution in [3.8, 4) is 5.88 Å². The van der Waals surface area contributed by atoms with E-state index in [0.717, 1.165) is 11.1 Å². The first kappa shape index (κ1) is 18.0. The minimum atomic E-state index is -0.240. The van der Waals surface area contributed by atoms with Gasteiger partial charge >= 0.3 is 0 Å². The topological polar surface area (TPSA) is 110 Å². The van der Waals surface area contributed by atoms with Crippen LogP contribution in [0.2, 0.25) is 0 Å². The lowest BCUT2D eigenvalue weighted by Crippen LogP contribution is -2.47. The molecule has 1 amide bonds. The van der Waals surface area contributed by atoms with E-state index in [2.05, 4.69) is 31.9 Å². The van der Waals surface area contributed by atoms with Crippen LogP contribution in [0.1, 0.15) is 0 Å². The van der Waals surface area contributed by atoms with Gasteiger partial charge in [-0.2, -0.15) is 15.1 Å². The van der Waals surface area contributed by atoms with E-state index in [-0.39, 0.29) is 18.6 Å². The molecule has 28 heavy (non-hydrogen) atoms. The minimum Gasteiger partial charge on any atom is -0.474 e. The molecule has 4 heterocycles. The highest BCUT2D eigenvalue weighted by Gasteiger charge is 2.24. The zero-order valence-electron chi connectivity index (χ0n) is 15.5. The maximum Gasteiger partial charge on any atom is 0.246 e. The quantitative estimate of drug-likeness (QED) is 0.616. The number of carbonyl (C=O) groups excluding carboxylic acids is 1. The van der Waals surface area contributed by atoms with E-state index in [9.17, 15) is 4.79 Å². The van der Waals surface area contributed by atoms with Crippen LogP contribution in [0.15, 0.2) is 37.3 Å². The lowest BCUT2D eigenvalue weighted by Gasteiger charge is -2.32. The van der Waals surface area contributed by atoms with Crippen LogP contribution >= 0.6 is 0 Å². The van der Waals surface area contributed by atoms with Gasteiger partial charge in [0.25, 0.3) is 0 Å². The highest BCUT2D eigenvalue weighted by atomic mass is 16.5. The molecule has 1 saturated heterocycles. The smallest absolute Gasteiger partial charge is 0.246 e. The van der Waals surface area contributed by atoms with Crippen molar-refractivity contribution in [1.29, 1.82) is 0 Å². The number of ether oxygens (including phenoxy) is 2. The molecule has 0 unspecified atom stereocenters. The SMILES string of the molecule is C=CC(=O)N1CCO[C@@H](COc2nc(Nc3cnn(C)c3)nc3[nH]ccc23)C1. The summed E-state index contributed by atoms with van der Waals surface area (Å²) in [7, 11) is 1.83. The van der Waals surface area contributed by atoms with Gasteiger partial charge in [0.1, 0.15) is 18.4 Å². The molecule has 2 N–H and O–H groups in total. The fourth-order valence-electron chi connectivity index (χ4n) is 3.02. The number of morpholine rings is 1. The second kappa shape index (κ2) is 7.69. The van der Waals surface area contributed by atoms with Gasteiger partial charge in [-0.15, -0.1) is 0 Å². The van der Waals surface area contributed by atoms with E-state index < -0.39 is 0 Å². The molecule has 1 aliphatic rings. The van der Waals surface area contributed by atoms with Crippen molar-refractivity contribution in [2.24, 2.45) is 7.05 Å². The van der Waals surface area contributed by atoms with Gasteiger partial charge in [-0.3, -0.25) is 9.48 Å². The number of hydrogen-bond donors (Lipinski definition) is 2. The molecule has 0 aromatic carbocycles. The highest BCUT2D eigenvalue weighted by molar-refractivity contribution is 5.87. The number of amides is 1. The van der Waals surface area contributed by atoms with Crippen LogP contribution in [-0.2, 0) is 16.6 Å². The molecule has 0 spiro atoms. The van der Waals surface area contributed by atoms with Crippen LogP contribution in [0.4, 0.5) is 11.6 Å². The third kappa shape index (κ3) is 3.81. The standard InChI is InChI=1S/C18H21N7O3/c1-3-15(26)25-6-7-27-13(10-25)11-28-17-14-4-5-19-16(14)22-18(23-17)21-12-8-20-24(2)9-12/h3-5,8-9,13H,1,6-7,10-11H2,2H3,(H2,19,21,22,23)/t13-/m1/s1. The number of anilines is 2. The second-order valence-electron chi connectivity index (χ2n) is 6.41. The predicted octanol–water partition coefficient (Wildman–Crippen LogP) is 1.23. The Hall–Kier alpha value is -3.40. The zero-order chi connectivity index (χ0) is 19.5. The maximum absolute atomic E-state index is 11.8. The number of nitrogens with zero attached hydrogens (tertiary/aromatic N) is 5. The van der Waals surface area contributed by atoms with Crippen molar-refractivity contribution in [3.63, 3.8) is 0 Å². The molecule has 146 valence electrons. The Kier molecular flexibility index (Phi) is 4.94. The predicted molar refractivity (Wildman–Crippen MR) is 102 cm³/mol. The molecular formula is C18H21N7O3. The first-order valence-electron chi connectivity index (χ1n) is 8.89. The molecular weight excluding hydrogens is 362 g/mol. The van der Waals surface area contributed by atoms with Crippen molar-refractivity contribution in [3.05, 3.63) is 37.3 Å². The molecule has 0 radical (unpaired) electrons. The van der Waals surface area contributed by atoms with Crippen LogP contribution in [-0.4, -0.2) is 67.9 Å². The Balaban J connectivity index is 1.49. The second-order valence-corrected chi connectivity index (χ2v) is 6.41. The van der Waals surface area contributed by atoms with Gasteiger partial charge < -0.3 is 24.7 Å². The van der Waals surface area contributed by atoms with E-state index in [4.69, 9.17) is 9.47 Å². The van der Waals surface area contributed by atoms with Gasteiger partial charge in [-0.1, -0.05) is 6.58 Å². The molecule has 1 atom stereocenters. The van der Waals surface area contributed by atoms with Crippen LogP contribution in [0, 0.1) is 0 Å². The van der Waals surface area contributed by atoms with Gasteiger partial charge in [-0.25, -0.2) is 0 Å². The van der Waals surface area contributed by atoms with Crippen molar-refractivity contribution in [2.75, 3.05) is 31.6 Å². The first-order valence-corrected chi connectivity index (χ1v) is 8.89. The van der Waals surface area contributed by atoms with Crippen molar-refractivity contribution in [2.45, 2.75) is 6.10 Å². The van der Waals surface area contributed by atoms with E-state index in [1.165, 1.54) is 6.08 Å². The number of nitrogens with one attached hydrogen (secondary N) is 2. The van der Waals surface area contributed by atoms with Crippen LogP contribution in [0.25, 0.3) is 11.0 Å². The van der Waals surface area contributed by atoms with E-state index in [0.29, 0.717) is 37.2 Å². The zero-order valence-corrected chi connectivity index (χ0v) is 15.5. The average Bonchev–Trinajstić information content (AvgIpc) is 3.34. The molecule has 10 heteroatoms. The van der Waals surface area contributed by atoms with Gasteiger partial charge in [-0.05, 0) is 12.1 Å². The third-order valence-corrected chi connectivity index (χ3v) is 4.37. The van der Waals surface area contributed by atoms with Crippen LogP contribution < -0.4 is 10.1 Å². The number of aromatic amines is 1. The fraction of sp³-hybridized carbons (Fsp3) is 0.333. The van der Waals surface area contributed by atoms with Crippen LogP contribution in [0.5, 0.6) is 5.88 Å². The summed E-state index contributed by atoms with van der Waals surface area (Å²) >= 11 is 0. The summed E-state index contributed by atoms with van der Waals surface area (Å²) in [6, 6.07) is 1.85. The largest absolute Gasteiger partial charge is 0.474 e. The first-order chi connectivity index (χ1) is 13.6. The highest BCUT2D eigenvalue weighted by Crippen LogP contribution is 2.25. The molecule has 3 aromatic heterocycles. The summed E-state index contributed by atoms with van der Waals surface area (Å²) in [6.07, 6.45) is 6.36. The number of carbonyl (C=O) groups is 1. The molecule has 0 saturated carbocycles. The molecule has 4 rings (SSSR count). The summed E-state index contributed by atoms with van der Waals surface area (Å²) in [5.74, 6) is 0.728. The van der Waals surface area contributed by atoms with E-state index >= 15 is 0 Å². The number of hydrogen-bond acceptors (Lipinski definition) is 7. The lowest BCUT2D eigenvalue weighted by atomic mass is 10.3. The number of aromatic nitrogens is 5. The molecule has 10 nitrogen and oxygen atoms in total. The Morgan fingerprint density at radius 2 is 2.43 bits per heavy atom. The summed E-state index contributed by atoms with van der Waals surface area (Å²) < 4.78 is 13.3. The number of fused-ring (bicyclic) bond motifs is 1. The number of aryl methyl sites for hydroxylation is 1. The summed E-state index contributed by atoms with van der Waals surface area (Å²) in [4.78, 5) is 25.5. The lowest BCUT2D eigenvalue weighted by molar-refractivity contribution is -0.134. The maximum atomic E-state index is 11.8. The van der Waals surface area contributed by atoms with Gasteiger partial charge in [0.15, 0.2) is 0 Å². The molecule has 0 bridgehead atoms. The normalized spacial score (nSPS) is 16.9. The van der Waals surface area contributed by atoms with Crippen molar-refractivity contribution < 1.29 is 14.3 Å². The molecule has 0 aliphatic carbocycles. The van der Waals surface area contributed by atoms with Crippen molar-refractivity contribution in [1.82, 2.24) is 29.6 Å². The van der Waals surface area contributed by atoms with E-state index in [1.807, 2.05) is 19.3 Å². The van der Waals surface area contributed by atoms with Gasteiger partial charge in [0.2, 0.25) is 17.7 Å². The van der Waals surface area contributed by atoms with Crippen molar-refractivity contribution >= 4 is 28.6 Å². The Morgan fingerprint density at radius 3 is 3.21 bits per heavy atom. The summed E-state index contributed by atoms with van der Waals surface area (Å²) in [5, 5.41) is 8.00. The molecule has 3 aromatic rings. The Labute approximate surface area is 161 Å². The van der Waals surface area contributed by atoms with Gasteiger partial charge in [0.05, 0.1) is 30.4 Å². The third-order valence-electron chi connectivity index (χ3n) is 4.37. The fourth-order valence-corrected chi connectivity index (χ4v) is 3.02. The van der Waals surface area contributed by atoms with Gasteiger partial charge in [0, 0.05) is 26.0 Å². The average molecular weight is 383 g/mol.